The first kappa shape index (κ1) is 20.6. The molecule has 29 heavy (non-hydrogen) atoms. The van der Waals surface area contributed by atoms with Crippen molar-refractivity contribution in [1.29, 1.82) is 0 Å². The van der Waals surface area contributed by atoms with Gasteiger partial charge in [0.1, 0.15) is 0 Å². The Hall–Kier alpha value is -3.15. The Morgan fingerprint density at radius 3 is 2.14 bits per heavy atom. The maximum Gasteiger partial charge on any atom is 0.335 e. The van der Waals surface area contributed by atoms with Gasteiger partial charge in [0.05, 0.1) is 11.5 Å². The number of carbonyl (C=O) groups excluding carboxylic acids is 2. The van der Waals surface area contributed by atoms with Gasteiger partial charge in [0.25, 0.3) is 5.91 Å². The van der Waals surface area contributed by atoms with Gasteiger partial charge < -0.3 is 15.3 Å². The van der Waals surface area contributed by atoms with Gasteiger partial charge in [-0.15, -0.1) is 0 Å². The number of hydrogen-bond acceptors (Lipinski definition) is 3. The maximum absolute atomic E-state index is 13.0. The van der Waals surface area contributed by atoms with Crippen LogP contribution in [0.2, 0.25) is 0 Å². The molecule has 0 aliphatic carbocycles. The van der Waals surface area contributed by atoms with Gasteiger partial charge in [0.2, 0.25) is 5.91 Å². The van der Waals surface area contributed by atoms with Crippen molar-refractivity contribution in [1.82, 2.24) is 10.2 Å². The normalized spacial score (nSPS) is 15.6. The van der Waals surface area contributed by atoms with Gasteiger partial charge in [-0.1, -0.05) is 37.3 Å². The van der Waals surface area contributed by atoms with E-state index in [0.29, 0.717) is 31.5 Å². The van der Waals surface area contributed by atoms with Crippen LogP contribution in [0.15, 0.2) is 54.6 Å². The second kappa shape index (κ2) is 9.37. The Labute approximate surface area is 170 Å². The molecule has 1 aliphatic heterocycles. The summed E-state index contributed by atoms with van der Waals surface area (Å²) in [6, 6.07) is 15.7. The maximum atomic E-state index is 13.0. The molecule has 2 amide bonds. The molecule has 152 valence electrons. The van der Waals surface area contributed by atoms with Crippen molar-refractivity contribution in [3.8, 4) is 0 Å². The van der Waals surface area contributed by atoms with Crippen LogP contribution in [0, 0.1) is 0 Å². The monoisotopic (exact) mass is 394 g/mol. The molecule has 1 unspecified atom stereocenters. The number of hydrogen-bond donors (Lipinski definition) is 2. The Balaban J connectivity index is 1.54. The van der Waals surface area contributed by atoms with E-state index in [2.05, 4.69) is 5.32 Å². The fourth-order valence-electron chi connectivity index (χ4n) is 3.74. The van der Waals surface area contributed by atoms with Crippen molar-refractivity contribution >= 4 is 17.8 Å². The van der Waals surface area contributed by atoms with Gasteiger partial charge in [-0.05, 0) is 49.1 Å². The van der Waals surface area contributed by atoms with Crippen LogP contribution in [-0.4, -0.2) is 46.9 Å². The number of carboxylic acid groups (broad SMARTS) is 1. The number of nitrogens with one attached hydrogen (secondary N) is 1. The number of likely N-dealkylation sites (tertiary alicyclic amines) is 1. The van der Waals surface area contributed by atoms with Gasteiger partial charge in [-0.2, -0.15) is 0 Å². The van der Waals surface area contributed by atoms with E-state index in [4.69, 9.17) is 5.11 Å². The average Bonchev–Trinajstić information content (AvgIpc) is 2.75. The third-order valence-electron chi connectivity index (χ3n) is 5.44. The molecule has 6 heteroatoms. The molecular formula is C23H26N2O4. The van der Waals surface area contributed by atoms with E-state index < -0.39 is 5.97 Å². The number of piperidine rings is 1. The Kier molecular flexibility index (Phi) is 6.65. The minimum absolute atomic E-state index is 0.00232. The number of amides is 2. The summed E-state index contributed by atoms with van der Waals surface area (Å²) in [5.41, 5.74) is 1.63. The number of carboxylic acids is 1. The Morgan fingerprint density at radius 1 is 1.00 bits per heavy atom. The van der Waals surface area contributed by atoms with Crippen LogP contribution >= 0.6 is 0 Å². The number of rotatable bonds is 6. The van der Waals surface area contributed by atoms with Gasteiger partial charge in [0, 0.05) is 24.7 Å². The lowest BCUT2D eigenvalue weighted by Crippen LogP contribution is -2.47. The molecule has 1 heterocycles. The van der Waals surface area contributed by atoms with Crippen LogP contribution in [0.1, 0.15) is 58.4 Å². The van der Waals surface area contributed by atoms with E-state index in [1.807, 2.05) is 42.2 Å². The average molecular weight is 394 g/mol. The molecular weight excluding hydrogens is 368 g/mol. The molecule has 0 saturated carbocycles. The van der Waals surface area contributed by atoms with Crippen LogP contribution in [-0.2, 0) is 4.79 Å². The lowest BCUT2D eigenvalue weighted by molar-refractivity contribution is -0.134. The van der Waals surface area contributed by atoms with Crippen molar-refractivity contribution in [3.05, 3.63) is 71.3 Å². The van der Waals surface area contributed by atoms with Gasteiger partial charge in [-0.3, -0.25) is 9.59 Å². The summed E-state index contributed by atoms with van der Waals surface area (Å²) >= 11 is 0. The molecule has 2 aromatic carbocycles. The lowest BCUT2D eigenvalue weighted by Gasteiger charge is -2.34. The molecule has 1 atom stereocenters. The second-order valence-corrected chi connectivity index (χ2v) is 7.33. The third kappa shape index (κ3) is 5.02. The van der Waals surface area contributed by atoms with Gasteiger partial charge in [0.15, 0.2) is 0 Å². The third-order valence-corrected chi connectivity index (χ3v) is 5.44. The predicted octanol–water partition coefficient (Wildman–Crippen LogP) is 3.30. The van der Waals surface area contributed by atoms with E-state index in [0.717, 1.165) is 12.0 Å². The SMILES string of the molecule is CCC(C(=O)N1CCC(NC(=O)c2ccc(C(=O)O)cc2)CC1)c1ccccc1. The molecule has 1 aliphatic rings. The fourth-order valence-corrected chi connectivity index (χ4v) is 3.74. The molecule has 0 spiro atoms. The molecule has 6 nitrogen and oxygen atoms in total. The van der Waals surface area contributed by atoms with E-state index in [1.165, 1.54) is 24.3 Å². The van der Waals surface area contributed by atoms with E-state index >= 15 is 0 Å². The topological polar surface area (TPSA) is 86.7 Å². The molecule has 1 fully saturated rings. The number of nitrogens with zero attached hydrogens (tertiary/aromatic N) is 1. The van der Waals surface area contributed by atoms with Crippen molar-refractivity contribution in [2.75, 3.05) is 13.1 Å². The highest BCUT2D eigenvalue weighted by Gasteiger charge is 2.28. The molecule has 0 aromatic heterocycles. The van der Waals surface area contributed by atoms with Crippen molar-refractivity contribution < 1.29 is 19.5 Å². The van der Waals surface area contributed by atoms with Crippen LogP contribution < -0.4 is 5.32 Å². The highest BCUT2D eigenvalue weighted by Crippen LogP contribution is 2.24. The highest BCUT2D eigenvalue weighted by molar-refractivity contribution is 5.96. The standard InChI is InChI=1S/C23H26N2O4/c1-2-20(16-6-4-3-5-7-16)22(27)25-14-12-19(13-15-25)24-21(26)17-8-10-18(11-9-17)23(28)29/h3-11,19-20H,2,12-15H2,1H3,(H,24,26)(H,28,29). The zero-order chi connectivity index (χ0) is 20.8. The zero-order valence-electron chi connectivity index (χ0n) is 16.5. The molecule has 0 bridgehead atoms. The van der Waals surface area contributed by atoms with E-state index in [1.54, 1.807) is 0 Å². The van der Waals surface area contributed by atoms with Crippen LogP contribution in [0.5, 0.6) is 0 Å². The quantitative estimate of drug-likeness (QED) is 0.787. The van der Waals surface area contributed by atoms with Gasteiger partial charge in [-0.25, -0.2) is 4.79 Å². The minimum atomic E-state index is -1.02. The first-order valence-corrected chi connectivity index (χ1v) is 9.97. The fraction of sp³-hybridized carbons (Fsp3) is 0.348. The molecule has 3 rings (SSSR count). The first-order chi connectivity index (χ1) is 14.0. The largest absolute Gasteiger partial charge is 0.478 e. The van der Waals surface area contributed by atoms with Crippen LogP contribution in [0.3, 0.4) is 0 Å². The van der Waals surface area contributed by atoms with E-state index in [9.17, 15) is 14.4 Å². The van der Waals surface area contributed by atoms with Crippen LogP contribution in [0.4, 0.5) is 0 Å². The Bertz CT molecular complexity index is 856. The number of aromatic carboxylic acids is 1. The molecule has 2 aromatic rings. The summed E-state index contributed by atoms with van der Waals surface area (Å²) in [5.74, 6) is -1.22. The number of benzene rings is 2. The minimum Gasteiger partial charge on any atom is -0.478 e. The van der Waals surface area contributed by atoms with Crippen molar-refractivity contribution in [2.24, 2.45) is 0 Å². The smallest absolute Gasteiger partial charge is 0.335 e. The zero-order valence-corrected chi connectivity index (χ0v) is 16.5. The summed E-state index contributed by atoms with van der Waals surface area (Å²) < 4.78 is 0. The molecule has 2 N–H and O–H groups in total. The second-order valence-electron chi connectivity index (χ2n) is 7.33. The number of carbonyl (C=O) groups is 3. The summed E-state index contributed by atoms with van der Waals surface area (Å²) in [6.45, 7) is 3.26. The highest BCUT2D eigenvalue weighted by atomic mass is 16.4. The van der Waals surface area contributed by atoms with Gasteiger partial charge >= 0.3 is 5.97 Å². The lowest BCUT2D eigenvalue weighted by atomic mass is 9.93. The summed E-state index contributed by atoms with van der Waals surface area (Å²) in [7, 11) is 0. The van der Waals surface area contributed by atoms with Crippen molar-refractivity contribution in [3.63, 3.8) is 0 Å². The summed E-state index contributed by atoms with van der Waals surface area (Å²) in [5, 5.41) is 11.9. The molecule has 1 saturated heterocycles. The molecule has 0 radical (unpaired) electrons. The predicted molar refractivity (Wildman–Crippen MR) is 110 cm³/mol. The summed E-state index contributed by atoms with van der Waals surface area (Å²) in [6.07, 6.45) is 2.16. The van der Waals surface area contributed by atoms with Crippen LogP contribution in [0.25, 0.3) is 0 Å². The summed E-state index contributed by atoms with van der Waals surface area (Å²) in [4.78, 5) is 38.2. The first-order valence-electron chi connectivity index (χ1n) is 9.97. The Morgan fingerprint density at radius 2 is 1.59 bits per heavy atom. The van der Waals surface area contributed by atoms with Crippen molar-refractivity contribution in [2.45, 2.75) is 38.1 Å². The van der Waals surface area contributed by atoms with E-state index in [-0.39, 0.29) is 29.3 Å².